The van der Waals surface area contributed by atoms with Gasteiger partial charge in [0, 0.05) is 41.9 Å². The van der Waals surface area contributed by atoms with Gasteiger partial charge in [0.05, 0.1) is 0 Å². The summed E-state index contributed by atoms with van der Waals surface area (Å²) in [6.07, 6.45) is 6.63. The number of nitrogens with one attached hydrogen (secondary N) is 1. The van der Waals surface area contributed by atoms with Crippen LogP contribution in [0.25, 0.3) is 0 Å². The highest BCUT2D eigenvalue weighted by Gasteiger charge is 2.40. The summed E-state index contributed by atoms with van der Waals surface area (Å²) in [5, 5.41) is 12.7. The monoisotopic (exact) mass is 539 g/mol. The summed E-state index contributed by atoms with van der Waals surface area (Å²) in [5.74, 6) is 0.429. The van der Waals surface area contributed by atoms with Crippen molar-refractivity contribution in [1.29, 1.82) is 5.26 Å². The van der Waals surface area contributed by atoms with Crippen LogP contribution in [-0.2, 0) is 15.0 Å². The third kappa shape index (κ3) is 5.57. The molecule has 1 fully saturated rings. The smallest absolute Gasteiger partial charge is 0.252 e. The average molecular weight is 540 g/mol. The third-order valence-electron chi connectivity index (χ3n) is 7.23. The predicted octanol–water partition coefficient (Wildman–Crippen LogP) is 4.81. The zero-order chi connectivity index (χ0) is 28.3. The second-order valence-electron chi connectivity index (χ2n) is 11.0. The minimum atomic E-state index is -1.05. The molecule has 206 valence electrons. The van der Waals surface area contributed by atoms with Crippen molar-refractivity contribution in [3.8, 4) is 17.7 Å². The molecule has 2 aliphatic heterocycles. The van der Waals surface area contributed by atoms with Gasteiger partial charge in [0.25, 0.3) is 11.8 Å². The lowest BCUT2D eigenvalue weighted by atomic mass is 9.87. The molecule has 1 N–H and O–H groups in total. The maximum Gasteiger partial charge on any atom is 0.252 e. The highest BCUT2D eigenvalue weighted by molar-refractivity contribution is 6.07. The summed E-state index contributed by atoms with van der Waals surface area (Å²) in [6, 6.07) is 14.7. The highest BCUT2D eigenvalue weighted by Crippen LogP contribution is 2.36. The fourth-order valence-electron chi connectivity index (χ4n) is 5.12. The molecule has 1 aromatic heterocycles. The van der Waals surface area contributed by atoms with Gasteiger partial charge >= 0.3 is 0 Å². The first-order valence-corrected chi connectivity index (χ1v) is 13.5. The average Bonchev–Trinajstić information content (AvgIpc) is 3.45. The summed E-state index contributed by atoms with van der Waals surface area (Å²) in [5.41, 5.74) is 2.63. The molecule has 0 aliphatic carbocycles. The summed E-state index contributed by atoms with van der Waals surface area (Å²) in [4.78, 5) is 35.6. The first kappa shape index (κ1) is 27.0. The van der Waals surface area contributed by atoms with Crippen LogP contribution in [0.2, 0.25) is 0 Å². The van der Waals surface area contributed by atoms with Crippen LogP contribution in [0.4, 0.5) is 11.4 Å². The fourth-order valence-corrected chi connectivity index (χ4v) is 5.12. The normalized spacial score (nSPS) is 17.1. The second-order valence-corrected chi connectivity index (χ2v) is 11.0. The lowest BCUT2D eigenvalue weighted by Gasteiger charge is -2.34. The lowest BCUT2D eigenvalue weighted by Crippen LogP contribution is -2.49. The van der Waals surface area contributed by atoms with Crippen LogP contribution in [0.5, 0.6) is 11.5 Å². The highest BCUT2D eigenvalue weighted by atomic mass is 16.6. The number of hydrogen-bond donors (Lipinski definition) is 1. The first-order chi connectivity index (χ1) is 19.3. The number of ether oxygens (including phenoxy) is 2. The number of pyridine rings is 1. The van der Waals surface area contributed by atoms with Crippen LogP contribution >= 0.6 is 0 Å². The van der Waals surface area contributed by atoms with Gasteiger partial charge in [-0.3, -0.25) is 24.4 Å². The quantitative estimate of drug-likeness (QED) is 0.448. The Labute approximate surface area is 234 Å². The SMILES string of the molecule is CC(C)(C)c1ccc(N(C(=O)[C@H]2CCCN2C#N)C(C(=O)Nc2ccc3c(c2)OCCO3)c2cccnc2)cc1. The van der Waals surface area contributed by atoms with Gasteiger partial charge in [-0.2, -0.15) is 5.26 Å². The number of fused-ring (bicyclic) bond motifs is 1. The molecule has 2 aliphatic rings. The zero-order valence-electron chi connectivity index (χ0n) is 23.0. The van der Waals surface area contributed by atoms with Crippen molar-refractivity contribution in [2.24, 2.45) is 0 Å². The number of carbonyl (C=O) groups is 2. The number of amides is 2. The van der Waals surface area contributed by atoms with Crippen molar-refractivity contribution in [2.45, 2.75) is 51.1 Å². The van der Waals surface area contributed by atoms with E-state index in [9.17, 15) is 14.9 Å². The van der Waals surface area contributed by atoms with Crippen molar-refractivity contribution < 1.29 is 19.1 Å². The van der Waals surface area contributed by atoms with E-state index < -0.39 is 18.0 Å². The van der Waals surface area contributed by atoms with Crippen LogP contribution in [0, 0.1) is 11.5 Å². The van der Waals surface area contributed by atoms with Crippen molar-refractivity contribution in [2.75, 3.05) is 30.0 Å². The van der Waals surface area contributed by atoms with Crippen molar-refractivity contribution in [1.82, 2.24) is 9.88 Å². The maximum absolute atomic E-state index is 14.3. The molecule has 2 aromatic carbocycles. The number of likely N-dealkylation sites (tertiary alicyclic amines) is 1. The van der Waals surface area contributed by atoms with E-state index >= 15 is 0 Å². The van der Waals surface area contributed by atoms with Gasteiger partial charge < -0.3 is 14.8 Å². The Morgan fingerprint density at radius 3 is 2.52 bits per heavy atom. The van der Waals surface area contributed by atoms with E-state index in [0.29, 0.717) is 54.6 Å². The van der Waals surface area contributed by atoms with Crippen LogP contribution in [0.1, 0.15) is 50.8 Å². The molecule has 3 aromatic rings. The van der Waals surface area contributed by atoms with Gasteiger partial charge in [-0.05, 0) is 54.2 Å². The van der Waals surface area contributed by atoms with Gasteiger partial charge in [0.15, 0.2) is 17.7 Å². The summed E-state index contributed by atoms with van der Waals surface area (Å²) in [6.45, 7) is 7.75. The molecule has 2 amide bonds. The number of carbonyl (C=O) groups excluding carboxylic acids is 2. The van der Waals surface area contributed by atoms with E-state index in [-0.39, 0.29) is 11.3 Å². The summed E-state index contributed by atoms with van der Waals surface area (Å²) in [7, 11) is 0. The van der Waals surface area contributed by atoms with Gasteiger partial charge in [-0.15, -0.1) is 0 Å². The standard InChI is InChI=1S/C31H33N5O4/c1-31(2,3)22-8-11-24(12-9-22)36(30(38)25-7-5-15-35(25)20-32)28(21-6-4-14-33-19-21)29(37)34-23-10-13-26-27(18-23)40-17-16-39-26/h4,6,8-14,18-19,25,28H,5,7,15-17H2,1-3H3,(H,34,37)/t25-,28?/m1/s1. The summed E-state index contributed by atoms with van der Waals surface area (Å²) < 4.78 is 11.3. The van der Waals surface area contributed by atoms with Crippen molar-refractivity contribution >= 4 is 23.2 Å². The van der Waals surface area contributed by atoms with Gasteiger partial charge in [0.1, 0.15) is 25.3 Å². The van der Waals surface area contributed by atoms with Gasteiger partial charge in [-0.1, -0.05) is 39.0 Å². The minimum Gasteiger partial charge on any atom is -0.486 e. The Kier molecular flexibility index (Phi) is 7.60. The molecule has 0 saturated carbocycles. The fraction of sp³-hybridized carbons (Fsp3) is 0.355. The number of benzene rings is 2. The molecule has 1 unspecified atom stereocenters. The molecule has 9 heteroatoms. The predicted molar refractivity (Wildman–Crippen MR) is 151 cm³/mol. The largest absolute Gasteiger partial charge is 0.486 e. The Morgan fingerprint density at radius 1 is 1.10 bits per heavy atom. The Bertz CT molecular complexity index is 1410. The molecule has 2 atom stereocenters. The molecule has 9 nitrogen and oxygen atoms in total. The van der Waals surface area contributed by atoms with Gasteiger partial charge in [-0.25, -0.2) is 0 Å². The van der Waals surface area contributed by atoms with Crippen LogP contribution in [-0.4, -0.2) is 47.5 Å². The van der Waals surface area contributed by atoms with Crippen LogP contribution in [0.15, 0.2) is 67.0 Å². The number of aromatic nitrogens is 1. The maximum atomic E-state index is 14.3. The van der Waals surface area contributed by atoms with Crippen molar-refractivity contribution in [3.05, 3.63) is 78.1 Å². The lowest BCUT2D eigenvalue weighted by molar-refractivity contribution is -0.126. The number of nitrogens with zero attached hydrogens (tertiary/aromatic N) is 4. The van der Waals surface area contributed by atoms with E-state index in [1.54, 1.807) is 42.7 Å². The second kappa shape index (κ2) is 11.3. The number of nitriles is 1. The molecule has 1 saturated heterocycles. The molecule has 0 spiro atoms. The summed E-state index contributed by atoms with van der Waals surface area (Å²) >= 11 is 0. The first-order valence-electron chi connectivity index (χ1n) is 13.5. The van der Waals surface area contributed by atoms with Gasteiger partial charge in [0.2, 0.25) is 0 Å². The third-order valence-corrected chi connectivity index (χ3v) is 7.23. The Morgan fingerprint density at radius 2 is 1.85 bits per heavy atom. The molecule has 3 heterocycles. The molecule has 0 bridgehead atoms. The molecular formula is C31H33N5O4. The molecule has 5 rings (SSSR count). The molecular weight excluding hydrogens is 506 g/mol. The van der Waals surface area contributed by atoms with E-state index in [1.165, 1.54) is 9.80 Å². The Balaban J connectivity index is 1.57. The van der Waals surface area contributed by atoms with E-state index in [2.05, 4.69) is 37.3 Å². The van der Waals surface area contributed by atoms with E-state index in [4.69, 9.17) is 9.47 Å². The molecule has 0 radical (unpaired) electrons. The van der Waals surface area contributed by atoms with Crippen molar-refractivity contribution in [3.63, 3.8) is 0 Å². The Hall–Kier alpha value is -4.58. The minimum absolute atomic E-state index is 0.0885. The van der Waals surface area contributed by atoms with E-state index in [1.807, 2.05) is 24.3 Å². The number of rotatable bonds is 6. The molecule has 40 heavy (non-hydrogen) atoms. The number of hydrogen-bond acceptors (Lipinski definition) is 7. The van der Waals surface area contributed by atoms with Crippen LogP contribution < -0.4 is 19.7 Å². The topological polar surface area (TPSA) is 108 Å². The van der Waals surface area contributed by atoms with Crippen LogP contribution in [0.3, 0.4) is 0 Å². The number of anilines is 2. The zero-order valence-corrected chi connectivity index (χ0v) is 23.0. The van der Waals surface area contributed by atoms with E-state index in [0.717, 1.165) is 12.0 Å².